The summed E-state index contributed by atoms with van der Waals surface area (Å²) in [5.41, 5.74) is -16.4. The molecule has 0 N–H and O–H groups in total. The van der Waals surface area contributed by atoms with Crippen LogP contribution in [0.1, 0.15) is 11.1 Å². The second kappa shape index (κ2) is 25.5. The first-order valence-electron chi connectivity index (χ1n) is 24.3. The van der Waals surface area contributed by atoms with Gasteiger partial charge in [0.1, 0.15) is 75.4 Å². The molecule has 1 aliphatic rings. The summed E-state index contributed by atoms with van der Waals surface area (Å²) in [6.45, 7) is 0. The normalized spacial score (nSPS) is 12.0. The summed E-state index contributed by atoms with van der Waals surface area (Å²) in [6, 6.07) is 21.1. The summed E-state index contributed by atoms with van der Waals surface area (Å²) in [6.07, 6.45) is -3.02. The number of hydrogen-bond acceptors (Lipinski definition) is 0. The molecule has 0 saturated carbocycles. The smallest absolute Gasteiger partial charge is 0.347 e. The Bertz CT molecular complexity index is 3890. The Balaban J connectivity index is 0.000000483. The van der Waals surface area contributed by atoms with Crippen LogP contribution in [-0.2, 0) is 0 Å². The number of allylic oxidation sites excluding steroid dienone is 5. The molecular formula is C57H15B2F30N3. The van der Waals surface area contributed by atoms with Crippen molar-refractivity contribution in [3.8, 4) is 12.4 Å². The van der Waals surface area contributed by atoms with Crippen LogP contribution in [0.3, 0.4) is 0 Å². The maximum absolute atomic E-state index is 15.8. The highest BCUT2D eigenvalue weighted by molar-refractivity contribution is 7.14. The molecule has 3 nitrogen and oxygen atoms in total. The highest BCUT2D eigenvalue weighted by Crippen LogP contribution is 2.34. The number of rotatable bonds is 8. The maximum atomic E-state index is 15.8. The predicted molar refractivity (Wildman–Crippen MR) is 266 cm³/mol. The fourth-order valence-corrected chi connectivity index (χ4v) is 9.75. The van der Waals surface area contributed by atoms with Crippen molar-refractivity contribution in [1.82, 2.24) is 0 Å². The van der Waals surface area contributed by atoms with Crippen molar-refractivity contribution in [3.63, 3.8) is 0 Å². The Morgan fingerprint density at radius 3 is 0.652 bits per heavy atom. The van der Waals surface area contributed by atoms with Crippen LogP contribution in [0.25, 0.3) is 20.4 Å². The third-order valence-electron chi connectivity index (χ3n) is 13.8. The summed E-state index contributed by atoms with van der Waals surface area (Å²) in [5.74, 6) is -110. The molecule has 8 aromatic carbocycles. The molecule has 0 radical (unpaired) electrons. The molecule has 474 valence electrons. The number of hydrogen-bond donors (Lipinski definition) is 0. The van der Waals surface area contributed by atoms with Gasteiger partial charge >= 0.3 is 12.6 Å². The van der Waals surface area contributed by atoms with Gasteiger partial charge in [-0.3, -0.25) is 0 Å². The SMILES string of the molecule is C1=C[CH+]C(=C(c2ccccc2)c2ccccc2)C=C1.Fc1c(F)c(F)c([B-]([N+]#C[N-]C#[N+][B-](c2c(F)c(F)c(F)c(F)c2F)(c2c(F)c(F)c(F)c(F)c2F)c2c(F)c(F)c(F)c(F)c2F)(c2c(F)c(F)c(F)c(F)c2F)c2c(F)c(F)c(F)c(F)c2F)c(F)c1F. The fourth-order valence-electron chi connectivity index (χ4n) is 9.75. The van der Waals surface area contributed by atoms with E-state index in [2.05, 4.69) is 106 Å². The van der Waals surface area contributed by atoms with Crippen LogP contribution in [-0.4, -0.2) is 12.6 Å². The van der Waals surface area contributed by atoms with Gasteiger partial charge in [0.05, 0.1) is 5.57 Å². The van der Waals surface area contributed by atoms with Gasteiger partial charge in [-0.1, -0.05) is 69.2 Å². The standard InChI is InChI=1S/C38B2F30N3.C19H15/c41-9-3(10(42)22(54)33(65)21(9)53)39(4-11(43)23(55)34(66)24(56)12(4)44,5-13(45)25(57)35(67)26(58)14(5)46)72-1-71-2-73-40(6-15(47)27(59)36(68)28(60)16(6)48,7-17(49)29(61)37(69)30(62)18(7)50)8-19(51)31(63)38(70)32(64)20(8)52;1-4-10-16(11-5-1)19(17-12-6-2-7-13-17)18-14-8-3-9-15-18/h;1-15H/q-1;+1. The minimum absolute atomic E-state index is 0.336. The van der Waals surface area contributed by atoms with Gasteiger partial charge in [-0.2, -0.15) is 0 Å². The minimum atomic E-state index is -7.12. The van der Waals surface area contributed by atoms with E-state index >= 15 is 52.7 Å². The van der Waals surface area contributed by atoms with E-state index in [4.69, 9.17) is 0 Å². The molecule has 1 aliphatic carbocycles. The van der Waals surface area contributed by atoms with E-state index in [1.54, 1.807) is 0 Å². The highest BCUT2D eigenvalue weighted by atomic mass is 19.2. The number of benzene rings is 8. The second-order valence-corrected chi connectivity index (χ2v) is 18.6. The molecule has 92 heavy (non-hydrogen) atoms. The first kappa shape index (κ1) is 67.6. The average molecular weight is 1330 g/mol. The molecule has 0 heterocycles. The summed E-state index contributed by atoms with van der Waals surface area (Å²) in [5, 5.41) is 2.18. The lowest BCUT2D eigenvalue weighted by molar-refractivity contribution is 0.379. The molecule has 0 aromatic heterocycles. The lowest BCUT2D eigenvalue weighted by Crippen LogP contribution is -2.71. The van der Waals surface area contributed by atoms with Crippen molar-refractivity contribution in [2.45, 2.75) is 0 Å². The van der Waals surface area contributed by atoms with Crippen molar-refractivity contribution in [1.29, 1.82) is 0 Å². The van der Waals surface area contributed by atoms with Gasteiger partial charge < -0.3 is 9.51 Å². The van der Waals surface area contributed by atoms with Crippen LogP contribution in [0.2, 0.25) is 0 Å². The Labute approximate surface area is 491 Å². The zero-order valence-corrected chi connectivity index (χ0v) is 43.5. The summed E-state index contributed by atoms with van der Waals surface area (Å²) >= 11 is 0. The molecule has 8 aromatic rings. The topological polar surface area (TPSA) is 22.8 Å². The van der Waals surface area contributed by atoms with Gasteiger partial charge in [0.2, 0.25) is 0 Å². The van der Waals surface area contributed by atoms with Crippen LogP contribution in [0.4, 0.5) is 132 Å². The summed E-state index contributed by atoms with van der Waals surface area (Å²) in [7, 11) is 0. The molecule has 0 aliphatic heterocycles. The van der Waals surface area contributed by atoms with Crippen molar-refractivity contribution >= 4 is 50.9 Å². The largest absolute Gasteiger partial charge is 0.484 e. The van der Waals surface area contributed by atoms with Gasteiger partial charge in [0.15, 0.2) is 105 Å². The van der Waals surface area contributed by atoms with Crippen molar-refractivity contribution in [2.24, 2.45) is 0 Å². The molecule has 9 rings (SSSR count). The maximum Gasteiger partial charge on any atom is 0.347 e. The van der Waals surface area contributed by atoms with Crippen LogP contribution >= 0.6 is 0 Å². The molecule has 0 amide bonds. The molecular weight excluding hydrogens is 1320 g/mol. The van der Waals surface area contributed by atoms with Gasteiger partial charge in [-0.25, -0.2) is 132 Å². The van der Waals surface area contributed by atoms with Crippen molar-refractivity contribution in [3.05, 3.63) is 297 Å². The summed E-state index contributed by atoms with van der Waals surface area (Å²) in [4.78, 5) is 0. The number of halogens is 30. The van der Waals surface area contributed by atoms with E-state index in [0.717, 1.165) is 0 Å². The molecule has 0 unspecified atom stereocenters. The lowest BCUT2D eigenvalue weighted by Gasteiger charge is -2.35. The lowest BCUT2D eigenvalue weighted by atomic mass is 9.24. The Morgan fingerprint density at radius 1 is 0.272 bits per heavy atom. The Hall–Kier alpha value is -10.3. The second-order valence-electron chi connectivity index (χ2n) is 18.6. The first-order chi connectivity index (χ1) is 43.2. The molecule has 0 fully saturated rings. The third kappa shape index (κ3) is 10.6. The van der Waals surface area contributed by atoms with Crippen LogP contribution in [0, 0.1) is 193 Å². The quantitative estimate of drug-likeness (QED) is 0.0361. The van der Waals surface area contributed by atoms with Crippen molar-refractivity contribution in [2.75, 3.05) is 0 Å². The summed E-state index contributed by atoms with van der Waals surface area (Å²) < 4.78 is 458. The monoisotopic (exact) mass is 1330 g/mol. The molecule has 0 atom stereocenters. The van der Waals surface area contributed by atoms with E-state index < -0.39 is 220 Å². The van der Waals surface area contributed by atoms with Gasteiger partial charge in [0.25, 0.3) is 12.4 Å². The average Bonchev–Trinajstić information content (AvgIpc) is 0.708. The van der Waals surface area contributed by atoms with Gasteiger partial charge in [-0.15, -0.1) is 0 Å². The van der Waals surface area contributed by atoms with Crippen LogP contribution < -0.4 is 32.8 Å². The van der Waals surface area contributed by atoms with E-state index in [1.807, 2.05) is 0 Å². The minimum Gasteiger partial charge on any atom is -0.484 e. The third-order valence-corrected chi connectivity index (χ3v) is 13.8. The number of nitrogens with zero attached hydrogens (tertiary/aromatic N) is 3. The first-order valence-corrected chi connectivity index (χ1v) is 24.3. The van der Waals surface area contributed by atoms with E-state index in [-0.39, 0.29) is 0 Å². The van der Waals surface area contributed by atoms with E-state index in [1.165, 1.54) is 22.3 Å². The van der Waals surface area contributed by atoms with Gasteiger partial charge in [-0.05, 0) is 24.3 Å². The highest BCUT2D eigenvalue weighted by Gasteiger charge is 2.55. The predicted octanol–water partition coefficient (Wildman–Crippen LogP) is 14.3. The van der Waals surface area contributed by atoms with Crippen molar-refractivity contribution < 1.29 is 132 Å². The Kier molecular flexibility index (Phi) is 18.7. The molecule has 35 heteroatoms. The van der Waals surface area contributed by atoms with Crippen LogP contribution in [0.15, 0.2) is 90.5 Å². The molecule has 0 bridgehead atoms. The molecule has 0 saturated heterocycles. The zero-order chi connectivity index (χ0) is 68.2. The molecule has 0 spiro atoms. The van der Waals surface area contributed by atoms with E-state index in [9.17, 15) is 79.0 Å². The van der Waals surface area contributed by atoms with Crippen LogP contribution in [0.5, 0.6) is 0 Å². The fraction of sp³-hybridized carbons (Fsp3) is 0. The van der Waals surface area contributed by atoms with Gasteiger partial charge in [0, 0.05) is 47.2 Å². The Morgan fingerprint density at radius 2 is 0.467 bits per heavy atom. The van der Waals surface area contributed by atoms with E-state index in [0.29, 0.717) is 12.4 Å². The zero-order valence-electron chi connectivity index (χ0n) is 43.5.